The van der Waals surface area contributed by atoms with E-state index in [1.165, 1.54) is 6.42 Å². The number of H-pyrrole nitrogens is 1. The number of nitriles is 1. The SMILES string of the molecule is N#CC1CCCN1C(=O)CNC1CCC(CSc2nc3ccccc3[nH]2)C1. The molecule has 4 rings (SSSR count). The Morgan fingerprint density at radius 1 is 1.37 bits per heavy atom. The predicted molar refractivity (Wildman–Crippen MR) is 106 cm³/mol. The topological polar surface area (TPSA) is 84.8 Å². The Morgan fingerprint density at radius 3 is 3.11 bits per heavy atom. The van der Waals surface area contributed by atoms with Crippen LogP contribution < -0.4 is 5.32 Å². The van der Waals surface area contributed by atoms with Crippen LogP contribution in [0.25, 0.3) is 11.0 Å². The summed E-state index contributed by atoms with van der Waals surface area (Å²) in [5.41, 5.74) is 2.10. The summed E-state index contributed by atoms with van der Waals surface area (Å²) < 4.78 is 0. The number of hydrogen-bond donors (Lipinski definition) is 2. The Kier molecular flexibility index (Phi) is 5.65. The molecule has 3 unspecified atom stereocenters. The van der Waals surface area contributed by atoms with Gasteiger partial charge in [0.05, 0.1) is 23.6 Å². The van der Waals surface area contributed by atoms with Crippen molar-refractivity contribution in [3.8, 4) is 6.07 Å². The molecule has 2 N–H and O–H groups in total. The Hall–Kier alpha value is -2.04. The first-order chi connectivity index (χ1) is 13.2. The van der Waals surface area contributed by atoms with Crippen molar-refractivity contribution in [1.29, 1.82) is 5.26 Å². The number of nitrogens with zero attached hydrogens (tertiary/aromatic N) is 3. The number of carbonyl (C=O) groups is 1. The number of imidazole rings is 1. The number of rotatable bonds is 6. The second-order valence-corrected chi connectivity index (χ2v) is 8.51. The minimum atomic E-state index is -0.226. The molecule has 2 aromatic rings. The molecule has 0 bridgehead atoms. The van der Waals surface area contributed by atoms with Crippen LogP contribution in [-0.2, 0) is 4.79 Å². The van der Waals surface area contributed by atoms with Gasteiger partial charge in [-0.1, -0.05) is 23.9 Å². The molecule has 2 heterocycles. The Morgan fingerprint density at radius 2 is 2.26 bits per heavy atom. The maximum absolute atomic E-state index is 12.3. The lowest BCUT2D eigenvalue weighted by Crippen LogP contribution is -2.42. The number of carbonyl (C=O) groups excluding carboxylic acids is 1. The molecular formula is C20H25N5OS. The molecule has 1 aliphatic carbocycles. The first kappa shape index (κ1) is 18.3. The molecule has 1 amide bonds. The molecule has 0 radical (unpaired) electrons. The number of hydrogen-bond acceptors (Lipinski definition) is 5. The quantitative estimate of drug-likeness (QED) is 0.749. The van der Waals surface area contributed by atoms with E-state index >= 15 is 0 Å². The van der Waals surface area contributed by atoms with Crippen molar-refractivity contribution < 1.29 is 4.79 Å². The Bertz CT molecular complexity index is 811. The summed E-state index contributed by atoms with van der Waals surface area (Å²) in [5, 5.41) is 13.5. The second-order valence-electron chi connectivity index (χ2n) is 7.50. The van der Waals surface area contributed by atoms with Crippen LogP contribution in [0.4, 0.5) is 0 Å². The fourth-order valence-electron chi connectivity index (χ4n) is 4.14. The number of nitrogens with one attached hydrogen (secondary N) is 2. The molecule has 3 atom stereocenters. The van der Waals surface area contributed by atoms with E-state index in [9.17, 15) is 4.79 Å². The molecule has 2 aliphatic rings. The third-order valence-electron chi connectivity index (χ3n) is 5.63. The van der Waals surface area contributed by atoms with Gasteiger partial charge in [-0.3, -0.25) is 4.79 Å². The summed E-state index contributed by atoms with van der Waals surface area (Å²) in [6, 6.07) is 10.5. The third kappa shape index (κ3) is 4.28. The number of aromatic amines is 1. The van der Waals surface area contributed by atoms with Gasteiger partial charge in [0.2, 0.25) is 5.91 Å². The highest BCUT2D eigenvalue weighted by molar-refractivity contribution is 7.99. The van der Waals surface area contributed by atoms with Crippen LogP contribution >= 0.6 is 11.8 Å². The maximum Gasteiger partial charge on any atom is 0.237 e. The average molecular weight is 384 g/mol. The number of aromatic nitrogens is 2. The van der Waals surface area contributed by atoms with Crippen LogP contribution in [0.3, 0.4) is 0 Å². The van der Waals surface area contributed by atoms with Crippen LogP contribution in [-0.4, -0.2) is 51.7 Å². The fourth-order valence-corrected chi connectivity index (χ4v) is 5.18. The lowest BCUT2D eigenvalue weighted by atomic mass is 10.1. The van der Waals surface area contributed by atoms with E-state index < -0.39 is 0 Å². The van der Waals surface area contributed by atoms with E-state index in [-0.39, 0.29) is 11.9 Å². The van der Waals surface area contributed by atoms with Gasteiger partial charge in [-0.05, 0) is 50.2 Å². The van der Waals surface area contributed by atoms with Crippen molar-refractivity contribution in [3.63, 3.8) is 0 Å². The Balaban J connectivity index is 1.21. The molecule has 27 heavy (non-hydrogen) atoms. The van der Waals surface area contributed by atoms with Crippen molar-refractivity contribution >= 4 is 28.7 Å². The average Bonchev–Trinajstić information content (AvgIpc) is 3.42. The van der Waals surface area contributed by atoms with Crippen molar-refractivity contribution in [3.05, 3.63) is 24.3 Å². The van der Waals surface area contributed by atoms with E-state index in [2.05, 4.69) is 27.4 Å². The second kappa shape index (κ2) is 8.32. The van der Waals surface area contributed by atoms with E-state index in [1.807, 2.05) is 18.2 Å². The standard InChI is InChI=1S/C20H25N5OS/c21-11-16-4-3-9-25(16)19(26)12-22-15-8-7-14(10-15)13-27-20-23-17-5-1-2-6-18(17)24-20/h1-2,5-6,14-16,22H,3-4,7-10,12-13H2,(H,23,24). The minimum absolute atomic E-state index is 0.0687. The molecular weight excluding hydrogens is 358 g/mol. The third-order valence-corrected chi connectivity index (χ3v) is 6.73. The van der Waals surface area contributed by atoms with Crippen molar-refractivity contribution in [2.24, 2.45) is 5.92 Å². The molecule has 1 aliphatic heterocycles. The smallest absolute Gasteiger partial charge is 0.237 e. The van der Waals surface area contributed by atoms with Crippen LogP contribution in [0.15, 0.2) is 29.4 Å². The number of para-hydroxylation sites is 2. The van der Waals surface area contributed by atoms with E-state index in [0.29, 0.717) is 18.5 Å². The molecule has 0 spiro atoms. The van der Waals surface area contributed by atoms with Crippen LogP contribution in [0.5, 0.6) is 0 Å². The molecule has 2 fully saturated rings. The van der Waals surface area contributed by atoms with Gasteiger partial charge in [-0.25, -0.2) is 4.98 Å². The normalized spacial score (nSPS) is 25.1. The minimum Gasteiger partial charge on any atom is -0.333 e. The molecule has 7 heteroatoms. The summed E-state index contributed by atoms with van der Waals surface area (Å²) in [6.07, 6.45) is 5.15. The molecule has 1 saturated heterocycles. The number of likely N-dealkylation sites (tertiary alicyclic amines) is 1. The molecule has 6 nitrogen and oxygen atoms in total. The summed E-state index contributed by atoms with van der Waals surface area (Å²) in [5.74, 6) is 1.77. The first-order valence-corrected chi connectivity index (χ1v) is 10.7. The molecule has 1 saturated carbocycles. The first-order valence-electron chi connectivity index (χ1n) is 9.73. The zero-order valence-electron chi connectivity index (χ0n) is 15.4. The van der Waals surface area contributed by atoms with Crippen LogP contribution in [0, 0.1) is 17.2 Å². The van der Waals surface area contributed by atoms with Crippen molar-refractivity contribution in [2.45, 2.75) is 49.3 Å². The highest BCUT2D eigenvalue weighted by atomic mass is 32.2. The van der Waals surface area contributed by atoms with Crippen molar-refractivity contribution in [1.82, 2.24) is 20.2 Å². The summed E-state index contributed by atoms with van der Waals surface area (Å²) in [6.45, 7) is 1.08. The number of benzene rings is 1. The van der Waals surface area contributed by atoms with Gasteiger partial charge in [-0.15, -0.1) is 0 Å². The van der Waals surface area contributed by atoms with Crippen LogP contribution in [0.2, 0.25) is 0 Å². The van der Waals surface area contributed by atoms with Crippen molar-refractivity contribution in [2.75, 3.05) is 18.8 Å². The van der Waals surface area contributed by atoms with Gasteiger partial charge in [-0.2, -0.15) is 5.26 Å². The molecule has 1 aromatic heterocycles. The van der Waals surface area contributed by atoms with Gasteiger partial charge in [0.15, 0.2) is 5.16 Å². The monoisotopic (exact) mass is 383 g/mol. The van der Waals surface area contributed by atoms with Gasteiger partial charge in [0, 0.05) is 18.3 Å². The van der Waals surface area contributed by atoms with E-state index in [0.717, 1.165) is 54.2 Å². The molecule has 1 aromatic carbocycles. The zero-order chi connectivity index (χ0) is 18.6. The van der Waals surface area contributed by atoms with Gasteiger partial charge in [0.1, 0.15) is 6.04 Å². The number of thioether (sulfide) groups is 1. The van der Waals surface area contributed by atoms with Gasteiger partial charge < -0.3 is 15.2 Å². The van der Waals surface area contributed by atoms with E-state index in [1.54, 1.807) is 16.7 Å². The number of fused-ring (bicyclic) bond motifs is 1. The fraction of sp³-hybridized carbons (Fsp3) is 0.550. The number of amides is 1. The highest BCUT2D eigenvalue weighted by Gasteiger charge is 2.30. The summed E-state index contributed by atoms with van der Waals surface area (Å²) in [4.78, 5) is 22.1. The maximum atomic E-state index is 12.3. The largest absolute Gasteiger partial charge is 0.333 e. The Labute approximate surface area is 163 Å². The summed E-state index contributed by atoms with van der Waals surface area (Å²) >= 11 is 1.79. The van der Waals surface area contributed by atoms with Gasteiger partial charge >= 0.3 is 0 Å². The lowest BCUT2D eigenvalue weighted by molar-refractivity contribution is -0.130. The van der Waals surface area contributed by atoms with E-state index in [4.69, 9.17) is 5.26 Å². The highest BCUT2D eigenvalue weighted by Crippen LogP contribution is 2.31. The zero-order valence-corrected chi connectivity index (χ0v) is 16.2. The lowest BCUT2D eigenvalue weighted by Gasteiger charge is -2.21. The van der Waals surface area contributed by atoms with Gasteiger partial charge in [0.25, 0.3) is 0 Å². The van der Waals surface area contributed by atoms with Crippen LogP contribution in [0.1, 0.15) is 32.1 Å². The summed E-state index contributed by atoms with van der Waals surface area (Å²) in [7, 11) is 0. The predicted octanol–water partition coefficient (Wildman–Crippen LogP) is 2.93. The molecule has 142 valence electrons.